The fourth-order valence-electron chi connectivity index (χ4n) is 1.60. The van der Waals surface area contributed by atoms with E-state index in [1.165, 1.54) is 0 Å². The summed E-state index contributed by atoms with van der Waals surface area (Å²) in [6, 6.07) is 7.59. The van der Waals surface area contributed by atoms with Crippen molar-refractivity contribution in [3.05, 3.63) is 34.3 Å². The summed E-state index contributed by atoms with van der Waals surface area (Å²) in [4.78, 5) is 15.8. The number of aliphatic imine (C=N–C) groups is 1. The summed E-state index contributed by atoms with van der Waals surface area (Å²) >= 11 is 3.35. The van der Waals surface area contributed by atoms with Crippen LogP contribution in [0.5, 0.6) is 0 Å². The van der Waals surface area contributed by atoms with Gasteiger partial charge in [-0.1, -0.05) is 15.9 Å². The molecular weight excluding hydrogens is 258 g/mol. The van der Waals surface area contributed by atoms with E-state index in [2.05, 4.69) is 20.9 Å². The van der Waals surface area contributed by atoms with Crippen LogP contribution in [0.15, 0.2) is 33.7 Å². The van der Waals surface area contributed by atoms with Crippen molar-refractivity contribution in [2.24, 2.45) is 4.99 Å². The van der Waals surface area contributed by atoms with Gasteiger partial charge < -0.3 is 4.74 Å². The minimum absolute atomic E-state index is 0.194. The number of hydrogen-bond donors (Lipinski definition) is 0. The Morgan fingerprint density at radius 3 is 2.47 bits per heavy atom. The average Bonchev–Trinajstić information content (AvgIpc) is 2.91. The SMILES string of the molecule is O=C1OC(c2ccc(Br)cc2)=NC12CC2. The monoisotopic (exact) mass is 265 g/mol. The van der Waals surface area contributed by atoms with Gasteiger partial charge in [-0.05, 0) is 37.1 Å². The molecular formula is C11H8BrNO2. The quantitative estimate of drug-likeness (QED) is 0.731. The van der Waals surface area contributed by atoms with Crippen LogP contribution >= 0.6 is 15.9 Å². The van der Waals surface area contributed by atoms with Gasteiger partial charge in [0.05, 0.1) is 0 Å². The maximum atomic E-state index is 11.5. The fraction of sp³-hybridized carbons (Fsp3) is 0.273. The Kier molecular flexibility index (Phi) is 1.77. The summed E-state index contributed by atoms with van der Waals surface area (Å²) in [6.07, 6.45) is 1.65. The number of halogens is 1. The molecule has 1 aliphatic carbocycles. The van der Waals surface area contributed by atoms with E-state index in [-0.39, 0.29) is 5.97 Å². The third-order valence-electron chi connectivity index (χ3n) is 2.70. The first-order valence-electron chi connectivity index (χ1n) is 4.78. The van der Waals surface area contributed by atoms with E-state index in [9.17, 15) is 4.79 Å². The molecule has 76 valence electrons. The Hall–Kier alpha value is -1.16. The number of carbonyl (C=O) groups excluding carboxylic acids is 1. The number of ether oxygens (including phenoxy) is 1. The molecule has 3 nitrogen and oxygen atoms in total. The van der Waals surface area contributed by atoms with Gasteiger partial charge in [0.15, 0.2) is 5.54 Å². The lowest BCUT2D eigenvalue weighted by Gasteiger charge is -1.99. The molecule has 1 fully saturated rings. The molecule has 15 heavy (non-hydrogen) atoms. The molecule has 0 amide bonds. The minimum Gasteiger partial charge on any atom is -0.405 e. The Balaban J connectivity index is 1.96. The van der Waals surface area contributed by atoms with Crippen molar-refractivity contribution in [3.8, 4) is 0 Å². The number of hydrogen-bond acceptors (Lipinski definition) is 3. The van der Waals surface area contributed by atoms with Gasteiger partial charge >= 0.3 is 5.97 Å². The summed E-state index contributed by atoms with van der Waals surface area (Å²) in [5.41, 5.74) is 0.345. The van der Waals surface area contributed by atoms with E-state index >= 15 is 0 Å². The summed E-state index contributed by atoms with van der Waals surface area (Å²) in [5, 5.41) is 0. The largest absolute Gasteiger partial charge is 0.405 e. The number of nitrogens with zero attached hydrogens (tertiary/aromatic N) is 1. The van der Waals surface area contributed by atoms with Crippen molar-refractivity contribution < 1.29 is 9.53 Å². The zero-order valence-corrected chi connectivity index (χ0v) is 9.45. The first-order chi connectivity index (χ1) is 7.20. The van der Waals surface area contributed by atoms with Crippen LogP contribution < -0.4 is 0 Å². The second-order valence-corrected chi connectivity index (χ2v) is 4.76. The minimum atomic E-state index is -0.512. The van der Waals surface area contributed by atoms with Crippen molar-refractivity contribution >= 4 is 27.8 Å². The normalized spacial score (nSPS) is 21.4. The lowest BCUT2D eigenvalue weighted by molar-refractivity contribution is -0.135. The molecule has 0 aromatic heterocycles. The lowest BCUT2D eigenvalue weighted by Crippen LogP contribution is -2.15. The molecule has 2 aliphatic rings. The van der Waals surface area contributed by atoms with Crippen molar-refractivity contribution in [1.29, 1.82) is 0 Å². The highest BCUT2D eigenvalue weighted by molar-refractivity contribution is 9.10. The topological polar surface area (TPSA) is 38.7 Å². The van der Waals surface area contributed by atoms with Crippen molar-refractivity contribution in [2.45, 2.75) is 18.4 Å². The van der Waals surface area contributed by atoms with Gasteiger partial charge in [-0.3, -0.25) is 0 Å². The van der Waals surface area contributed by atoms with Crippen molar-refractivity contribution in [2.75, 3.05) is 0 Å². The van der Waals surface area contributed by atoms with Gasteiger partial charge in [-0.15, -0.1) is 0 Å². The summed E-state index contributed by atoms with van der Waals surface area (Å²) in [7, 11) is 0. The fourth-order valence-corrected chi connectivity index (χ4v) is 1.86. The molecule has 0 unspecified atom stereocenters. The molecule has 0 N–H and O–H groups in total. The van der Waals surface area contributed by atoms with Crippen LogP contribution in [0.3, 0.4) is 0 Å². The third kappa shape index (κ3) is 1.40. The molecule has 1 saturated carbocycles. The molecule has 1 aromatic carbocycles. The van der Waals surface area contributed by atoms with E-state index in [0.717, 1.165) is 22.9 Å². The van der Waals surface area contributed by atoms with Crippen LogP contribution in [0.1, 0.15) is 18.4 Å². The molecule has 4 heteroatoms. The Bertz CT molecular complexity index is 460. The third-order valence-corrected chi connectivity index (χ3v) is 3.23. The van der Waals surface area contributed by atoms with E-state index in [0.29, 0.717) is 5.90 Å². The van der Waals surface area contributed by atoms with E-state index in [4.69, 9.17) is 4.74 Å². The highest BCUT2D eigenvalue weighted by Gasteiger charge is 2.56. The molecule has 3 rings (SSSR count). The molecule has 1 aromatic rings. The standard InChI is InChI=1S/C11H8BrNO2/c12-8-3-1-7(2-4-8)9-13-11(5-6-11)10(14)15-9/h1-4H,5-6H2. The molecule has 0 atom stereocenters. The van der Waals surface area contributed by atoms with Crippen LogP contribution in [0.2, 0.25) is 0 Å². The predicted molar refractivity (Wildman–Crippen MR) is 58.7 cm³/mol. The maximum Gasteiger partial charge on any atom is 0.340 e. The van der Waals surface area contributed by atoms with Gasteiger partial charge in [-0.2, -0.15) is 0 Å². The van der Waals surface area contributed by atoms with Crippen LogP contribution in [-0.2, 0) is 9.53 Å². The van der Waals surface area contributed by atoms with E-state index < -0.39 is 5.54 Å². The molecule has 0 saturated heterocycles. The van der Waals surface area contributed by atoms with Crippen molar-refractivity contribution in [1.82, 2.24) is 0 Å². The Morgan fingerprint density at radius 1 is 1.27 bits per heavy atom. The van der Waals surface area contributed by atoms with Crippen molar-refractivity contribution in [3.63, 3.8) is 0 Å². The first-order valence-corrected chi connectivity index (χ1v) is 5.57. The summed E-state index contributed by atoms with van der Waals surface area (Å²) in [5.74, 6) is 0.269. The Morgan fingerprint density at radius 2 is 1.93 bits per heavy atom. The highest BCUT2D eigenvalue weighted by Crippen LogP contribution is 2.44. The van der Waals surface area contributed by atoms with Gasteiger partial charge in [0.25, 0.3) is 0 Å². The van der Waals surface area contributed by atoms with Gasteiger partial charge in [0.2, 0.25) is 5.90 Å². The van der Waals surface area contributed by atoms with E-state index in [1.54, 1.807) is 0 Å². The molecule has 1 spiro atoms. The second kappa shape index (κ2) is 2.92. The van der Waals surface area contributed by atoms with E-state index in [1.807, 2.05) is 24.3 Å². The molecule has 0 bridgehead atoms. The molecule has 0 radical (unpaired) electrons. The second-order valence-electron chi connectivity index (χ2n) is 3.84. The number of carbonyl (C=O) groups is 1. The van der Waals surface area contributed by atoms with Crippen LogP contribution in [0, 0.1) is 0 Å². The van der Waals surface area contributed by atoms with Gasteiger partial charge in [-0.25, -0.2) is 9.79 Å². The van der Waals surface area contributed by atoms with Crippen LogP contribution in [0.4, 0.5) is 0 Å². The van der Waals surface area contributed by atoms with Crippen LogP contribution in [-0.4, -0.2) is 17.4 Å². The number of esters is 1. The van der Waals surface area contributed by atoms with Gasteiger partial charge in [0.1, 0.15) is 0 Å². The summed E-state index contributed by atoms with van der Waals surface area (Å²) < 4.78 is 6.16. The lowest BCUT2D eigenvalue weighted by atomic mass is 10.2. The summed E-state index contributed by atoms with van der Waals surface area (Å²) in [6.45, 7) is 0. The Labute approximate surface area is 95.3 Å². The zero-order valence-electron chi connectivity index (χ0n) is 7.87. The average molecular weight is 266 g/mol. The smallest absolute Gasteiger partial charge is 0.340 e. The van der Waals surface area contributed by atoms with Gasteiger partial charge in [0, 0.05) is 10.0 Å². The number of rotatable bonds is 1. The first kappa shape index (κ1) is 9.09. The number of cyclic esters (lactones) is 1. The maximum absolute atomic E-state index is 11.5. The zero-order chi connectivity index (χ0) is 10.5. The number of benzene rings is 1. The molecule has 1 heterocycles. The highest BCUT2D eigenvalue weighted by atomic mass is 79.9. The van der Waals surface area contributed by atoms with Crippen LogP contribution in [0.25, 0.3) is 0 Å². The predicted octanol–water partition coefficient (Wildman–Crippen LogP) is 2.29. The molecule has 1 aliphatic heterocycles.